The minimum Gasteiger partial charge on any atom is -0.320 e. The molecule has 1 heterocycles. The van der Waals surface area contributed by atoms with Gasteiger partial charge in [-0.2, -0.15) is 0 Å². The summed E-state index contributed by atoms with van der Waals surface area (Å²) in [4.78, 5) is 16.8. The standard InChI is InChI=1S/C20H24N2O/c1-16-8-3-5-10-18(16)14-21-12-7-13-22(20(21)23)15-19-11-6-4-9-17(19)2/h3-6,8-11H,7,12-15H2,1-2H3. The van der Waals surface area contributed by atoms with Crippen molar-refractivity contribution < 1.29 is 4.79 Å². The maximum absolute atomic E-state index is 12.8. The van der Waals surface area contributed by atoms with Crippen molar-refractivity contribution in [3.05, 3.63) is 70.8 Å². The Morgan fingerprint density at radius 3 is 1.65 bits per heavy atom. The van der Waals surface area contributed by atoms with Crippen LogP contribution in [0.4, 0.5) is 4.79 Å². The molecular weight excluding hydrogens is 284 g/mol. The Morgan fingerprint density at radius 1 is 0.783 bits per heavy atom. The van der Waals surface area contributed by atoms with Gasteiger partial charge in [0.15, 0.2) is 0 Å². The van der Waals surface area contributed by atoms with Crippen LogP contribution in [-0.2, 0) is 13.1 Å². The Hall–Kier alpha value is -2.29. The summed E-state index contributed by atoms with van der Waals surface area (Å²) < 4.78 is 0. The van der Waals surface area contributed by atoms with Crippen LogP contribution in [0, 0.1) is 13.8 Å². The molecule has 1 aliphatic rings. The molecule has 1 aliphatic heterocycles. The highest BCUT2D eigenvalue weighted by Crippen LogP contribution is 2.19. The van der Waals surface area contributed by atoms with Gasteiger partial charge in [0.2, 0.25) is 0 Å². The van der Waals surface area contributed by atoms with Crippen molar-refractivity contribution in [1.29, 1.82) is 0 Å². The second-order valence-corrected chi connectivity index (χ2v) is 6.33. The van der Waals surface area contributed by atoms with Crippen LogP contribution in [0.25, 0.3) is 0 Å². The van der Waals surface area contributed by atoms with Gasteiger partial charge in [-0.05, 0) is 42.5 Å². The molecule has 0 atom stereocenters. The molecule has 120 valence electrons. The molecule has 0 saturated carbocycles. The summed E-state index contributed by atoms with van der Waals surface area (Å²) in [6, 6.07) is 16.8. The number of hydrogen-bond donors (Lipinski definition) is 0. The van der Waals surface area contributed by atoms with Crippen LogP contribution in [-0.4, -0.2) is 28.9 Å². The van der Waals surface area contributed by atoms with Crippen molar-refractivity contribution >= 4 is 6.03 Å². The zero-order chi connectivity index (χ0) is 16.2. The molecule has 0 aromatic heterocycles. The molecule has 23 heavy (non-hydrogen) atoms. The van der Waals surface area contributed by atoms with Crippen LogP contribution in [0.15, 0.2) is 48.5 Å². The van der Waals surface area contributed by atoms with Gasteiger partial charge >= 0.3 is 6.03 Å². The molecule has 2 aromatic carbocycles. The summed E-state index contributed by atoms with van der Waals surface area (Å²) in [7, 11) is 0. The highest BCUT2D eigenvalue weighted by Gasteiger charge is 2.26. The van der Waals surface area contributed by atoms with Gasteiger partial charge in [-0.15, -0.1) is 0 Å². The third kappa shape index (κ3) is 3.55. The van der Waals surface area contributed by atoms with E-state index in [9.17, 15) is 4.79 Å². The molecular formula is C20H24N2O. The van der Waals surface area contributed by atoms with Crippen molar-refractivity contribution in [3.8, 4) is 0 Å². The Labute approximate surface area is 138 Å². The molecule has 0 aliphatic carbocycles. The molecule has 0 unspecified atom stereocenters. The molecule has 0 bridgehead atoms. The average Bonchev–Trinajstić information content (AvgIpc) is 2.55. The first-order valence-corrected chi connectivity index (χ1v) is 8.28. The quantitative estimate of drug-likeness (QED) is 0.833. The summed E-state index contributed by atoms with van der Waals surface area (Å²) in [5.74, 6) is 0. The molecule has 1 fully saturated rings. The number of nitrogens with zero attached hydrogens (tertiary/aromatic N) is 2. The third-order valence-electron chi connectivity index (χ3n) is 4.64. The predicted octanol–water partition coefficient (Wildman–Crippen LogP) is 4.13. The van der Waals surface area contributed by atoms with Gasteiger partial charge in [0.05, 0.1) is 0 Å². The molecule has 0 radical (unpaired) electrons. The number of amides is 2. The fourth-order valence-electron chi connectivity index (χ4n) is 3.12. The molecule has 0 spiro atoms. The summed E-state index contributed by atoms with van der Waals surface area (Å²) in [6.07, 6.45) is 1.03. The van der Waals surface area contributed by atoms with Gasteiger partial charge in [0, 0.05) is 26.2 Å². The highest BCUT2D eigenvalue weighted by molar-refractivity contribution is 5.75. The van der Waals surface area contributed by atoms with Crippen molar-refractivity contribution in [1.82, 2.24) is 9.80 Å². The van der Waals surface area contributed by atoms with Crippen LogP contribution in [0.3, 0.4) is 0 Å². The first-order valence-electron chi connectivity index (χ1n) is 8.28. The highest BCUT2D eigenvalue weighted by atomic mass is 16.2. The van der Waals surface area contributed by atoms with E-state index in [0.717, 1.165) is 19.5 Å². The van der Waals surface area contributed by atoms with E-state index < -0.39 is 0 Å². The summed E-state index contributed by atoms with van der Waals surface area (Å²) in [6.45, 7) is 7.31. The maximum Gasteiger partial charge on any atom is 0.320 e. The molecule has 1 saturated heterocycles. The lowest BCUT2D eigenvalue weighted by molar-refractivity contribution is 0.123. The number of benzene rings is 2. The SMILES string of the molecule is Cc1ccccc1CN1CCCN(Cc2ccccc2C)C1=O. The lowest BCUT2D eigenvalue weighted by atomic mass is 10.1. The average molecular weight is 308 g/mol. The molecule has 3 heteroatoms. The van der Waals surface area contributed by atoms with Gasteiger partial charge in [-0.3, -0.25) is 0 Å². The van der Waals surface area contributed by atoms with E-state index in [1.165, 1.54) is 22.3 Å². The van der Waals surface area contributed by atoms with E-state index >= 15 is 0 Å². The molecule has 2 amide bonds. The Bertz CT molecular complexity index is 638. The number of hydrogen-bond acceptors (Lipinski definition) is 1. The number of carbonyl (C=O) groups excluding carboxylic acids is 1. The van der Waals surface area contributed by atoms with Gasteiger partial charge in [0.1, 0.15) is 0 Å². The zero-order valence-electron chi connectivity index (χ0n) is 14.0. The van der Waals surface area contributed by atoms with Crippen LogP contribution in [0.5, 0.6) is 0 Å². The lowest BCUT2D eigenvalue weighted by Gasteiger charge is -2.36. The van der Waals surface area contributed by atoms with E-state index in [1.807, 2.05) is 34.1 Å². The van der Waals surface area contributed by atoms with E-state index in [4.69, 9.17) is 0 Å². The normalized spacial score (nSPS) is 15.1. The number of aryl methyl sites for hydroxylation is 2. The van der Waals surface area contributed by atoms with Crippen molar-refractivity contribution in [2.45, 2.75) is 33.4 Å². The molecule has 2 aromatic rings. The zero-order valence-corrected chi connectivity index (χ0v) is 14.0. The van der Waals surface area contributed by atoms with Crippen molar-refractivity contribution in [3.63, 3.8) is 0 Å². The Balaban J connectivity index is 1.71. The van der Waals surface area contributed by atoms with Gasteiger partial charge in [-0.25, -0.2) is 4.79 Å². The van der Waals surface area contributed by atoms with E-state index in [0.29, 0.717) is 13.1 Å². The van der Waals surface area contributed by atoms with Crippen LogP contribution < -0.4 is 0 Å². The molecule has 0 N–H and O–H groups in total. The van der Waals surface area contributed by atoms with Crippen LogP contribution >= 0.6 is 0 Å². The minimum atomic E-state index is 0.155. The Morgan fingerprint density at radius 2 is 1.22 bits per heavy atom. The fourth-order valence-corrected chi connectivity index (χ4v) is 3.12. The molecule has 3 rings (SSSR count). The second-order valence-electron chi connectivity index (χ2n) is 6.33. The first-order chi connectivity index (χ1) is 11.1. The predicted molar refractivity (Wildman–Crippen MR) is 93.2 cm³/mol. The van der Waals surface area contributed by atoms with Gasteiger partial charge in [0.25, 0.3) is 0 Å². The fraction of sp³-hybridized carbons (Fsp3) is 0.350. The summed E-state index contributed by atoms with van der Waals surface area (Å²) in [5, 5.41) is 0. The van der Waals surface area contributed by atoms with Crippen LogP contribution in [0.2, 0.25) is 0 Å². The third-order valence-corrected chi connectivity index (χ3v) is 4.64. The summed E-state index contributed by atoms with van der Waals surface area (Å²) in [5.41, 5.74) is 4.96. The minimum absolute atomic E-state index is 0.155. The topological polar surface area (TPSA) is 23.6 Å². The van der Waals surface area contributed by atoms with Crippen molar-refractivity contribution in [2.75, 3.05) is 13.1 Å². The monoisotopic (exact) mass is 308 g/mol. The van der Waals surface area contributed by atoms with Gasteiger partial charge in [-0.1, -0.05) is 48.5 Å². The lowest BCUT2D eigenvalue weighted by Crippen LogP contribution is -2.48. The first kappa shape index (κ1) is 15.6. The van der Waals surface area contributed by atoms with E-state index in [2.05, 4.69) is 38.1 Å². The van der Waals surface area contributed by atoms with E-state index in [-0.39, 0.29) is 6.03 Å². The van der Waals surface area contributed by atoms with Gasteiger partial charge < -0.3 is 9.80 Å². The number of rotatable bonds is 4. The van der Waals surface area contributed by atoms with Crippen LogP contribution in [0.1, 0.15) is 28.7 Å². The molecule has 3 nitrogen and oxygen atoms in total. The second kappa shape index (κ2) is 6.86. The number of carbonyl (C=O) groups is 1. The van der Waals surface area contributed by atoms with E-state index in [1.54, 1.807) is 0 Å². The maximum atomic E-state index is 12.8. The number of urea groups is 1. The Kier molecular flexibility index (Phi) is 4.65. The van der Waals surface area contributed by atoms with Crippen molar-refractivity contribution in [2.24, 2.45) is 0 Å². The smallest absolute Gasteiger partial charge is 0.320 e. The summed E-state index contributed by atoms with van der Waals surface area (Å²) >= 11 is 0. The largest absolute Gasteiger partial charge is 0.320 e.